The lowest BCUT2D eigenvalue weighted by Gasteiger charge is -2.07. The topological polar surface area (TPSA) is 109 Å². The summed E-state index contributed by atoms with van der Waals surface area (Å²) in [5.74, 6) is -1.12. The molecule has 1 rings (SSSR count). The maximum Gasteiger partial charge on any atom is 0.320 e. The van der Waals surface area contributed by atoms with Crippen LogP contribution in [0.5, 0.6) is 0 Å². The molecule has 1 aliphatic carbocycles. The molecular formula is C7H14N2O4S. The fraction of sp³-hybridized carbons (Fsp3) is 0.857. The van der Waals surface area contributed by atoms with Crippen LogP contribution in [0.4, 0.5) is 0 Å². The predicted octanol–water partition coefficient (Wildman–Crippen LogP) is -1.13. The van der Waals surface area contributed by atoms with E-state index < -0.39 is 22.0 Å². The molecule has 1 saturated carbocycles. The summed E-state index contributed by atoms with van der Waals surface area (Å²) in [5, 5.41) is 8.16. The van der Waals surface area contributed by atoms with Gasteiger partial charge in [0.05, 0.1) is 5.25 Å². The van der Waals surface area contributed by atoms with E-state index in [1.165, 1.54) is 0 Å². The molecule has 1 atom stereocenters. The number of nitrogens with one attached hydrogen (secondary N) is 1. The molecule has 7 heteroatoms. The molecule has 1 fully saturated rings. The Bertz CT molecular complexity index is 310. The van der Waals surface area contributed by atoms with E-state index in [0.717, 1.165) is 0 Å². The van der Waals surface area contributed by atoms with Crippen LogP contribution in [0.25, 0.3) is 0 Å². The molecule has 0 bridgehead atoms. The number of hydrogen-bond donors (Lipinski definition) is 3. The number of carboxylic acid groups (broad SMARTS) is 1. The quantitative estimate of drug-likeness (QED) is 0.527. The van der Waals surface area contributed by atoms with Crippen LogP contribution in [-0.2, 0) is 14.8 Å². The van der Waals surface area contributed by atoms with Gasteiger partial charge in [-0.3, -0.25) is 4.79 Å². The first-order chi connectivity index (χ1) is 6.43. The highest BCUT2D eigenvalue weighted by molar-refractivity contribution is 7.90. The number of aliphatic carboxylic acids is 1. The molecule has 4 N–H and O–H groups in total. The fourth-order valence-corrected chi connectivity index (χ4v) is 2.37. The van der Waals surface area contributed by atoms with Gasteiger partial charge in [-0.2, -0.15) is 0 Å². The van der Waals surface area contributed by atoms with E-state index in [-0.39, 0.29) is 18.2 Å². The van der Waals surface area contributed by atoms with Gasteiger partial charge in [-0.25, -0.2) is 13.1 Å². The van der Waals surface area contributed by atoms with Crippen LogP contribution in [0, 0.1) is 0 Å². The molecule has 82 valence electrons. The van der Waals surface area contributed by atoms with E-state index in [0.29, 0.717) is 12.8 Å². The van der Waals surface area contributed by atoms with Crippen molar-refractivity contribution in [2.45, 2.75) is 30.6 Å². The first-order valence-electron chi connectivity index (χ1n) is 4.40. The van der Waals surface area contributed by atoms with Crippen LogP contribution < -0.4 is 10.5 Å². The summed E-state index contributed by atoms with van der Waals surface area (Å²) in [6.45, 7) is 0.0896. The van der Waals surface area contributed by atoms with Crippen molar-refractivity contribution in [2.24, 2.45) is 5.73 Å². The monoisotopic (exact) mass is 222 g/mol. The summed E-state index contributed by atoms with van der Waals surface area (Å²) in [6.07, 6.45) is 1.50. The van der Waals surface area contributed by atoms with Gasteiger partial charge in [-0.15, -0.1) is 0 Å². The number of carboxylic acids is 1. The molecule has 14 heavy (non-hydrogen) atoms. The third kappa shape index (κ3) is 3.24. The van der Waals surface area contributed by atoms with E-state index in [1.54, 1.807) is 0 Å². The first kappa shape index (κ1) is 11.4. The maximum absolute atomic E-state index is 11.2. The van der Waals surface area contributed by atoms with Crippen molar-refractivity contribution in [3.63, 3.8) is 0 Å². The molecule has 6 nitrogen and oxygen atoms in total. The van der Waals surface area contributed by atoms with Crippen LogP contribution in [0.15, 0.2) is 0 Å². The normalized spacial score (nSPS) is 19.2. The first-order valence-corrected chi connectivity index (χ1v) is 5.95. The van der Waals surface area contributed by atoms with Crippen LogP contribution in [0.1, 0.15) is 19.3 Å². The average Bonchev–Trinajstić information content (AvgIpc) is 2.85. The van der Waals surface area contributed by atoms with E-state index in [9.17, 15) is 13.2 Å². The third-order valence-electron chi connectivity index (χ3n) is 2.04. The van der Waals surface area contributed by atoms with Crippen LogP contribution in [-0.4, -0.2) is 37.3 Å². The summed E-state index contributed by atoms with van der Waals surface area (Å²) in [4.78, 5) is 10.3. The fourth-order valence-electron chi connectivity index (χ4n) is 0.976. The SMILES string of the molecule is NC(CCNS(=O)(=O)C1CC1)C(=O)O. The molecule has 0 aliphatic heterocycles. The zero-order valence-corrected chi connectivity index (χ0v) is 8.46. The minimum atomic E-state index is -3.21. The van der Waals surface area contributed by atoms with Gasteiger partial charge in [-0.05, 0) is 19.3 Å². The second-order valence-electron chi connectivity index (χ2n) is 3.37. The van der Waals surface area contributed by atoms with Gasteiger partial charge in [-0.1, -0.05) is 0 Å². The Morgan fingerprint density at radius 3 is 2.57 bits per heavy atom. The second kappa shape index (κ2) is 4.24. The minimum Gasteiger partial charge on any atom is -0.480 e. The molecule has 0 saturated heterocycles. The largest absolute Gasteiger partial charge is 0.480 e. The number of nitrogens with two attached hydrogens (primary N) is 1. The van der Waals surface area contributed by atoms with Gasteiger partial charge in [0, 0.05) is 6.54 Å². The number of hydrogen-bond acceptors (Lipinski definition) is 4. The number of rotatable bonds is 6. The summed E-state index contributed by atoms with van der Waals surface area (Å²) < 4.78 is 24.8. The van der Waals surface area contributed by atoms with Crippen molar-refractivity contribution in [1.82, 2.24) is 4.72 Å². The number of sulfonamides is 1. The molecular weight excluding hydrogens is 208 g/mol. The average molecular weight is 222 g/mol. The van der Waals surface area contributed by atoms with Gasteiger partial charge in [0.15, 0.2) is 0 Å². The van der Waals surface area contributed by atoms with E-state index in [2.05, 4.69) is 4.72 Å². The van der Waals surface area contributed by atoms with Crippen molar-refractivity contribution >= 4 is 16.0 Å². The van der Waals surface area contributed by atoms with Crippen molar-refractivity contribution in [2.75, 3.05) is 6.54 Å². The lowest BCUT2D eigenvalue weighted by molar-refractivity contribution is -0.138. The Kier molecular flexibility index (Phi) is 3.46. The highest BCUT2D eigenvalue weighted by atomic mass is 32.2. The molecule has 0 aromatic heterocycles. The Morgan fingerprint density at radius 2 is 2.14 bits per heavy atom. The van der Waals surface area contributed by atoms with E-state index in [4.69, 9.17) is 10.8 Å². The molecule has 1 aliphatic rings. The van der Waals surface area contributed by atoms with Crippen molar-refractivity contribution in [3.05, 3.63) is 0 Å². The molecule has 0 aromatic rings. The zero-order chi connectivity index (χ0) is 10.8. The van der Waals surface area contributed by atoms with Crippen molar-refractivity contribution in [3.8, 4) is 0 Å². The zero-order valence-electron chi connectivity index (χ0n) is 7.64. The van der Waals surface area contributed by atoms with E-state index >= 15 is 0 Å². The highest BCUT2D eigenvalue weighted by Gasteiger charge is 2.35. The van der Waals surface area contributed by atoms with Crippen LogP contribution in [0.3, 0.4) is 0 Å². The summed E-state index contributed by atoms with van der Waals surface area (Å²) in [6, 6.07) is -1.00. The molecule has 0 heterocycles. The standard InChI is InChI=1S/C7H14N2O4S/c8-6(7(10)11)3-4-9-14(12,13)5-1-2-5/h5-6,9H,1-4,8H2,(H,10,11). The van der Waals surface area contributed by atoms with Gasteiger partial charge >= 0.3 is 5.97 Å². The predicted molar refractivity (Wildman–Crippen MR) is 50.2 cm³/mol. The van der Waals surface area contributed by atoms with Crippen molar-refractivity contribution < 1.29 is 18.3 Å². The van der Waals surface area contributed by atoms with Gasteiger partial charge in [0.2, 0.25) is 10.0 Å². The van der Waals surface area contributed by atoms with Crippen LogP contribution >= 0.6 is 0 Å². The lowest BCUT2D eigenvalue weighted by atomic mass is 10.2. The summed E-state index contributed by atoms with van der Waals surface area (Å²) in [5.41, 5.74) is 5.20. The number of carbonyl (C=O) groups is 1. The Morgan fingerprint density at radius 1 is 1.57 bits per heavy atom. The Labute approximate surface area is 82.5 Å². The lowest BCUT2D eigenvalue weighted by Crippen LogP contribution is -2.36. The molecule has 1 unspecified atom stereocenters. The highest BCUT2D eigenvalue weighted by Crippen LogP contribution is 2.27. The smallest absolute Gasteiger partial charge is 0.320 e. The summed E-state index contributed by atoms with van der Waals surface area (Å²) >= 11 is 0. The van der Waals surface area contributed by atoms with Gasteiger partial charge < -0.3 is 10.8 Å². The van der Waals surface area contributed by atoms with Gasteiger partial charge in [0.25, 0.3) is 0 Å². The molecule has 0 aromatic carbocycles. The van der Waals surface area contributed by atoms with Crippen molar-refractivity contribution in [1.29, 1.82) is 0 Å². The Balaban J connectivity index is 2.24. The third-order valence-corrected chi connectivity index (χ3v) is 3.99. The molecule has 0 amide bonds. The van der Waals surface area contributed by atoms with Gasteiger partial charge in [0.1, 0.15) is 6.04 Å². The van der Waals surface area contributed by atoms with E-state index in [1.807, 2.05) is 0 Å². The Hall–Kier alpha value is -0.660. The molecule has 0 radical (unpaired) electrons. The summed E-state index contributed by atoms with van der Waals surface area (Å²) in [7, 11) is -3.21. The minimum absolute atomic E-state index is 0.0896. The van der Waals surface area contributed by atoms with Crippen LogP contribution in [0.2, 0.25) is 0 Å². The maximum atomic E-state index is 11.2. The second-order valence-corrected chi connectivity index (χ2v) is 5.42. The molecule has 0 spiro atoms.